The van der Waals surface area contributed by atoms with Gasteiger partial charge in [0.2, 0.25) is 0 Å². The zero-order chi connectivity index (χ0) is 30.9. The SMILES string of the molecule is CC1=C[C@H]2CC(=O)O[C@H]3C[C@@H](C/C=C(\C)C[C@@H](Cl)/C=C/C=C4\CO[C@H]([C@@H]1CO)[C@@]42O)O[C@@]1(C=C[C@H](C)[C@@H](C(C)C)OC1)C3. The molecule has 238 valence electrons. The van der Waals surface area contributed by atoms with Crippen LogP contribution in [0, 0.1) is 23.7 Å². The van der Waals surface area contributed by atoms with E-state index in [9.17, 15) is 15.0 Å². The molecular formula is C35H49ClO7. The number of halogens is 1. The standard InChI is InChI=1S/C35H49ClO7/c1-21(2)32-23(4)11-12-34(20-41-32)17-29-16-28(43-34)10-9-22(3)13-27(36)8-6-7-25-19-40-33-30(18-37)24(5)14-26(35(25,33)39)15-31(38)42-29/h6-9,11-12,14,21,23,26-30,32-33,37,39H,10,13,15-20H2,1-5H3/b8-6+,22-9+,25-7+/t23-,26-,27-,28+,29-,30+,32+,33+,34-,35+/m0/s1. The van der Waals surface area contributed by atoms with E-state index in [1.54, 1.807) is 0 Å². The van der Waals surface area contributed by atoms with E-state index in [1.165, 1.54) is 0 Å². The van der Waals surface area contributed by atoms with Gasteiger partial charge in [0.25, 0.3) is 0 Å². The molecule has 0 radical (unpaired) electrons. The molecule has 0 aromatic rings. The van der Waals surface area contributed by atoms with Gasteiger partial charge in [0.15, 0.2) is 0 Å². The van der Waals surface area contributed by atoms with Crippen LogP contribution in [0.25, 0.3) is 0 Å². The van der Waals surface area contributed by atoms with Crippen LogP contribution < -0.4 is 0 Å². The summed E-state index contributed by atoms with van der Waals surface area (Å²) in [4.78, 5) is 13.6. The second kappa shape index (κ2) is 13.3. The van der Waals surface area contributed by atoms with Crippen molar-refractivity contribution in [1.82, 2.24) is 0 Å². The van der Waals surface area contributed by atoms with Gasteiger partial charge in [-0.2, -0.15) is 0 Å². The number of fused-ring (bicyclic) bond motifs is 2. The molecule has 1 aliphatic carbocycles. The van der Waals surface area contributed by atoms with Gasteiger partial charge >= 0.3 is 5.97 Å². The Bertz CT molecular complexity index is 1190. The molecular weight excluding hydrogens is 568 g/mol. The van der Waals surface area contributed by atoms with Crippen LogP contribution in [0.4, 0.5) is 0 Å². The second-order valence-electron chi connectivity index (χ2n) is 13.7. The van der Waals surface area contributed by atoms with E-state index in [4.69, 9.17) is 30.5 Å². The van der Waals surface area contributed by atoms with E-state index < -0.39 is 23.2 Å². The van der Waals surface area contributed by atoms with Crippen LogP contribution in [0.3, 0.4) is 0 Å². The quantitative estimate of drug-likeness (QED) is 0.237. The number of carbonyl (C=O) groups is 1. The molecule has 0 saturated carbocycles. The fraction of sp³-hybridized carbons (Fsp3) is 0.686. The molecule has 0 aromatic heterocycles. The van der Waals surface area contributed by atoms with Crippen molar-refractivity contribution >= 4 is 17.6 Å². The van der Waals surface area contributed by atoms with Crippen LogP contribution in [-0.4, -0.2) is 77.0 Å². The van der Waals surface area contributed by atoms with Crippen LogP contribution in [0.15, 0.2) is 59.3 Å². The average molecular weight is 617 g/mol. The molecule has 2 fully saturated rings. The molecule has 0 aromatic carbocycles. The Kier molecular flexibility index (Phi) is 10.1. The minimum absolute atomic E-state index is 0.00212. The first-order chi connectivity index (χ1) is 20.4. The van der Waals surface area contributed by atoms with Gasteiger partial charge in [-0.1, -0.05) is 74.4 Å². The largest absolute Gasteiger partial charge is 0.462 e. The summed E-state index contributed by atoms with van der Waals surface area (Å²) < 4.78 is 25.5. The molecule has 43 heavy (non-hydrogen) atoms. The van der Waals surface area contributed by atoms with Crippen molar-refractivity contribution in [3.63, 3.8) is 0 Å². The normalized spacial score (nSPS) is 45.6. The highest BCUT2D eigenvalue weighted by atomic mass is 35.5. The second-order valence-corrected chi connectivity index (χ2v) is 14.3. The number of aliphatic hydroxyl groups excluding tert-OH is 1. The Morgan fingerprint density at radius 3 is 2.67 bits per heavy atom. The third-order valence-electron chi connectivity index (χ3n) is 9.99. The molecule has 8 heteroatoms. The highest BCUT2D eigenvalue weighted by Gasteiger charge is 2.57. The molecule has 5 aliphatic rings. The van der Waals surface area contributed by atoms with Crippen molar-refractivity contribution in [2.24, 2.45) is 23.7 Å². The van der Waals surface area contributed by atoms with Crippen molar-refractivity contribution < 1.29 is 34.0 Å². The fourth-order valence-corrected chi connectivity index (χ4v) is 8.04. The van der Waals surface area contributed by atoms with Gasteiger partial charge in [-0.25, -0.2) is 0 Å². The minimum Gasteiger partial charge on any atom is -0.462 e. The average Bonchev–Trinajstić information content (AvgIpc) is 3.18. The third-order valence-corrected chi connectivity index (χ3v) is 10.3. The molecule has 4 aliphatic heterocycles. The molecule has 0 unspecified atom stereocenters. The first-order valence-corrected chi connectivity index (χ1v) is 16.4. The minimum atomic E-state index is -1.44. The van der Waals surface area contributed by atoms with Gasteiger partial charge in [0.05, 0.1) is 49.9 Å². The van der Waals surface area contributed by atoms with E-state index in [0.29, 0.717) is 43.8 Å². The molecule has 10 atom stereocenters. The summed E-state index contributed by atoms with van der Waals surface area (Å²) in [5, 5.41) is 22.1. The fourth-order valence-electron chi connectivity index (χ4n) is 7.71. The number of carbonyl (C=O) groups excluding carboxylic acids is 1. The van der Waals surface area contributed by atoms with Gasteiger partial charge in [-0.15, -0.1) is 11.6 Å². The van der Waals surface area contributed by atoms with Crippen molar-refractivity contribution in [3.05, 3.63) is 59.3 Å². The molecule has 2 N–H and O–H groups in total. The van der Waals surface area contributed by atoms with Crippen molar-refractivity contribution in [1.29, 1.82) is 0 Å². The molecule has 0 amide bonds. The lowest BCUT2D eigenvalue weighted by Gasteiger charge is -2.44. The van der Waals surface area contributed by atoms with E-state index in [2.05, 4.69) is 45.9 Å². The van der Waals surface area contributed by atoms with Crippen molar-refractivity contribution in [2.45, 2.75) is 108 Å². The van der Waals surface area contributed by atoms with E-state index in [-0.39, 0.29) is 61.1 Å². The number of hydrogen-bond donors (Lipinski definition) is 2. The zero-order valence-electron chi connectivity index (χ0n) is 26.2. The first kappa shape index (κ1) is 32.6. The summed E-state index contributed by atoms with van der Waals surface area (Å²) in [5.74, 6) is -0.678. The number of ether oxygens (including phenoxy) is 4. The Hall–Kier alpha value is -1.74. The number of aliphatic hydroxyl groups is 2. The molecule has 1 spiro atoms. The predicted octanol–water partition coefficient (Wildman–Crippen LogP) is 5.60. The molecule has 2 saturated heterocycles. The summed E-state index contributed by atoms with van der Waals surface area (Å²) in [6.45, 7) is 11.0. The van der Waals surface area contributed by atoms with Crippen LogP contribution >= 0.6 is 11.6 Å². The monoisotopic (exact) mass is 616 g/mol. The summed E-state index contributed by atoms with van der Waals surface area (Å²) in [6, 6.07) is 0. The van der Waals surface area contributed by atoms with Crippen molar-refractivity contribution in [2.75, 3.05) is 19.8 Å². The number of esters is 1. The van der Waals surface area contributed by atoms with Crippen LogP contribution in [0.2, 0.25) is 0 Å². The Balaban J connectivity index is 1.47. The molecule has 4 heterocycles. The van der Waals surface area contributed by atoms with Crippen molar-refractivity contribution in [3.8, 4) is 0 Å². The Morgan fingerprint density at radius 2 is 1.93 bits per heavy atom. The van der Waals surface area contributed by atoms with Gasteiger partial charge in [-0.05, 0) is 38.2 Å². The molecule has 5 rings (SSSR count). The van der Waals surface area contributed by atoms with Crippen LogP contribution in [-0.2, 0) is 23.7 Å². The predicted molar refractivity (Wildman–Crippen MR) is 167 cm³/mol. The smallest absolute Gasteiger partial charge is 0.306 e. The highest BCUT2D eigenvalue weighted by molar-refractivity contribution is 6.21. The zero-order valence-corrected chi connectivity index (χ0v) is 27.0. The molecule has 2 bridgehead atoms. The summed E-state index contributed by atoms with van der Waals surface area (Å²) in [5.41, 5.74) is 0.596. The number of rotatable bonds is 2. The summed E-state index contributed by atoms with van der Waals surface area (Å²) in [7, 11) is 0. The third kappa shape index (κ3) is 6.92. The topological polar surface area (TPSA) is 94.5 Å². The Labute approximate surface area is 261 Å². The maximum Gasteiger partial charge on any atom is 0.306 e. The van der Waals surface area contributed by atoms with Gasteiger partial charge in [0, 0.05) is 30.6 Å². The van der Waals surface area contributed by atoms with Gasteiger partial charge in [0.1, 0.15) is 17.3 Å². The maximum atomic E-state index is 13.6. The lowest BCUT2D eigenvalue weighted by Crippen LogP contribution is -2.54. The van der Waals surface area contributed by atoms with E-state index in [0.717, 1.165) is 11.1 Å². The molecule has 7 nitrogen and oxygen atoms in total. The van der Waals surface area contributed by atoms with E-state index in [1.807, 2.05) is 31.2 Å². The maximum absolute atomic E-state index is 13.6. The number of hydrogen-bond acceptors (Lipinski definition) is 7. The Morgan fingerprint density at radius 1 is 1.14 bits per heavy atom. The summed E-state index contributed by atoms with van der Waals surface area (Å²) >= 11 is 6.70. The highest BCUT2D eigenvalue weighted by Crippen LogP contribution is 2.48. The summed E-state index contributed by atoms with van der Waals surface area (Å²) in [6.07, 6.45) is 15.4. The van der Waals surface area contributed by atoms with Crippen LogP contribution in [0.1, 0.15) is 66.7 Å². The van der Waals surface area contributed by atoms with Gasteiger partial charge in [-0.3, -0.25) is 4.79 Å². The van der Waals surface area contributed by atoms with E-state index >= 15 is 0 Å². The van der Waals surface area contributed by atoms with Gasteiger partial charge < -0.3 is 29.2 Å². The lowest BCUT2D eigenvalue weighted by atomic mass is 9.67. The number of allylic oxidation sites excluding steroid dienone is 4. The first-order valence-electron chi connectivity index (χ1n) is 15.9. The lowest BCUT2D eigenvalue weighted by molar-refractivity contribution is -0.189. The number of alkyl halides is 1. The van der Waals surface area contributed by atoms with Crippen LogP contribution in [0.5, 0.6) is 0 Å².